The molecule has 6 rings (SSSR count). The predicted octanol–water partition coefficient (Wildman–Crippen LogP) is 1.49. The van der Waals surface area contributed by atoms with Gasteiger partial charge in [-0.2, -0.15) is 0 Å². The van der Waals surface area contributed by atoms with Crippen molar-refractivity contribution in [3.8, 4) is 11.5 Å². The molecule has 4 aliphatic heterocycles. The molecule has 0 spiro atoms. The minimum atomic E-state index is 0.0192. The zero-order valence-corrected chi connectivity index (χ0v) is 12.5. The zero-order valence-electron chi connectivity index (χ0n) is 12.5. The quantitative estimate of drug-likeness (QED) is 0.899. The summed E-state index contributed by atoms with van der Waals surface area (Å²) in [5.41, 5.74) is 0.665. The molecule has 0 radical (unpaired) electrons. The molecule has 1 aliphatic carbocycles. The largest absolute Gasteiger partial charge is 0.454 e. The molecule has 3 saturated heterocycles. The van der Waals surface area contributed by atoms with Gasteiger partial charge in [0.15, 0.2) is 11.5 Å². The highest BCUT2D eigenvalue weighted by Crippen LogP contribution is 2.43. The Morgan fingerprint density at radius 3 is 2.64 bits per heavy atom. The fourth-order valence-electron chi connectivity index (χ4n) is 4.92. The molecule has 2 unspecified atom stereocenters. The number of nitrogens with one attached hydrogen (secondary N) is 1. The van der Waals surface area contributed by atoms with E-state index in [4.69, 9.17) is 9.47 Å². The van der Waals surface area contributed by atoms with Crippen LogP contribution in [-0.4, -0.2) is 43.3 Å². The van der Waals surface area contributed by atoms with Crippen molar-refractivity contribution in [1.29, 1.82) is 0 Å². The smallest absolute Gasteiger partial charge is 0.251 e. The van der Waals surface area contributed by atoms with Gasteiger partial charge in [0.05, 0.1) is 0 Å². The first-order valence-corrected chi connectivity index (χ1v) is 8.19. The maximum absolute atomic E-state index is 12.6. The fraction of sp³-hybridized carbons (Fsp3) is 0.588. The van der Waals surface area contributed by atoms with Gasteiger partial charge in [-0.15, -0.1) is 0 Å². The predicted molar refractivity (Wildman–Crippen MR) is 80.0 cm³/mol. The van der Waals surface area contributed by atoms with E-state index in [0.717, 1.165) is 24.8 Å². The molecule has 2 atom stereocenters. The van der Waals surface area contributed by atoms with Crippen LogP contribution in [0.4, 0.5) is 0 Å². The fourth-order valence-corrected chi connectivity index (χ4v) is 4.92. The standard InChI is InChI=1S/C17H20N2O3/c20-17(11-1-2-14-15(5-11)22-9-21-14)18-16-12-3-10-4-13(16)8-19(6-10)7-12/h1-2,5,10,12-13,16H,3-4,6-9H2,(H,18,20). The zero-order chi connectivity index (χ0) is 14.7. The van der Waals surface area contributed by atoms with Crippen LogP contribution in [0.3, 0.4) is 0 Å². The SMILES string of the molecule is O=C(NC1C2CC3CC1CN(C3)C2)c1ccc2c(c1)OCO2. The Labute approximate surface area is 129 Å². The van der Waals surface area contributed by atoms with Crippen molar-refractivity contribution in [1.82, 2.24) is 10.2 Å². The molecule has 5 aliphatic rings. The summed E-state index contributed by atoms with van der Waals surface area (Å²) in [4.78, 5) is 15.2. The highest BCUT2D eigenvalue weighted by atomic mass is 16.7. The molecule has 1 aromatic rings. The first kappa shape index (κ1) is 12.8. The number of hydrogen-bond donors (Lipinski definition) is 1. The van der Waals surface area contributed by atoms with Gasteiger partial charge >= 0.3 is 0 Å². The number of carbonyl (C=O) groups excluding carboxylic acids is 1. The highest BCUT2D eigenvalue weighted by molar-refractivity contribution is 5.95. The van der Waals surface area contributed by atoms with Crippen LogP contribution in [0.1, 0.15) is 23.2 Å². The summed E-state index contributed by atoms with van der Waals surface area (Å²) in [6, 6.07) is 5.77. The Morgan fingerprint density at radius 2 is 1.86 bits per heavy atom. The number of piperidine rings is 3. The van der Waals surface area contributed by atoms with E-state index in [1.807, 2.05) is 12.1 Å². The monoisotopic (exact) mass is 300 g/mol. The van der Waals surface area contributed by atoms with Gasteiger partial charge in [-0.1, -0.05) is 0 Å². The number of benzene rings is 1. The summed E-state index contributed by atoms with van der Waals surface area (Å²) in [5, 5.41) is 3.31. The Hall–Kier alpha value is -1.75. The van der Waals surface area contributed by atoms with Crippen LogP contribution < -0.4 is 14.8 Å². The molecule has 4 bridgehead atoms. The third kappa shape index (κ3) is 1.92. The summed E-state index contributed by atoms with van der Waals surface area (Å²) in [6.07, 6.45) is 2.55. The summed E-state index contributed by atoms with van der Waals surface area (Å²) >= 11 is 0. The number of hydrogen-bond acceptors (Lipinski definition) is 4. The van der Waals surface area contributed by atoms with Crippen LogP contribution in [0.15, 0.2) is 18.2 Å². The van der Waals surface area contributed by atoms with Crippen molar-refractivity contribution in [2.75, 3.05) is 26.4 Å². The van der Waals surface area contributed by atoms with E-state index in [2.05, 4.69) is 10.2 Å². The van der Waals surface area contributed by atoms with Gasteiger partial charge in [0, 0.05) is 31.2 Å². The lowest BCUT2D eigenvalue weighted by Crippen LogP contribution is -2.64. The normalized spacial score (nSPS) is 37.4. The van der Waals surface area contributed by atoms with Crippen LogP contribution in [0.5, 0.6) is 11.5 Å². The molecule has 0 aromatic heterocycles. The van der Waals surface area contributed by atoms with Crippen molar-refractivity contribution >= 4 is 5.91 Å². The molecule has 4 heterocycles. The molecule has 5 nitrogen and oxygen atoms in total. The van der Waals surface area contributed by atoms with Gasteiger partial charge in [0.1, 0.15) is 0 Å². The molecule has 4 fully saturated rings. The number of carbonyl (C=O) groups is 1. The van der Waals surface area contributed by atoms with Crippen LogP contribution in [0.25, 0.3) is 0 Å². The number of nitrogens with zero attached hydrogens (tertiary/aromatic N) is 1. The Morgan fingerprint density at radius 1 is 1.09 bits per heavy atom. The molecular formula is C17H20N2O3. The summed E-state index contributed by atoms with van der Waals surface area (Å²) in [6.45, 7) is 3.82. The Bertz CT molecular complexity index is 602. The van der Waals surface area contributed by atoms with E-state index in [1.54, 1.807) is 6.07 Å². The second-order valence-corrected chi connectivity index (χ2v) is 7.14. The van der Waals surface area contributed by atoms with E-state index in [-0.39, 0.29) is 12.7 Å². The molecule has 22 heavy (non-hydrogen) atoms. The maximum atomic E-state index is 12.6. The molecule has 1 saturated carbocycles. The molecular weight excluding hydrogens is 280 g/mol. The van der Waals surface area contributed by atoms with E-state index in [1.165, 1.54) is 19.4 Å². The number of amides is 1. The van der Waals surface area contributed by atoms with Crippen molar-refractivity contribution in [3.05, 3.63) is 23.8 Å². The van der Waals surface area contributed by atoms with Crippen molar-refractivity contribution in [2.45, 2.75) is 18.9 Å². The average Bonchev–Trinajstić information content (AvgIpc) is 2.97. The molecule has 5 heteroatoms. The highest BCUT2D eigenvalue weighted by Gasteiger charge is 2.47. The van der Waals surface area contributed by atoms with Crippen LogP contribution >= 0.6 is 0 Å². The second kappa shape index (κ2) is 4.62. The van der Waals surface area contributed by atoms with E-state index < -0.39 is 0 Å². The van der Waals surface area contributed by atoms with E-state index in [0.29, 0.717) is 29.2 Å². The minimum absolute atomic E-state index is 0.0192. The Balaban J connectivity index is 1.34. The molecule has 1 aromatic carbocycles. The van der Waals surface area contributed by atoms with Crippen LogP contribution in [0, 0.1) is 17.8 Å². The van der Waals surface area contributed by atoms with Gasteiger partial charge in [-0.05, 0) is 48.8 Å². The lowest BCUT2D eigenvalue weighted by Gasteiger charge is -2.55. The third-order valence-corrected chi connectivity index (χ3v) is 5.72. The van der Waals surface area contributed by atoms with Gasteiger partial charge < -0.3 is 19.7 Å². The maximum Gasteiger partial charge on any atom is 0.251 e. The average molecular weight is 300 g/mol. The third-order valence-electron chi connectivity index (χ3n) is 5.72. The van der Waals surface area contributed by atoms with E-state index >= 15 is 0 Å². The Kier molecular flexibility index (Phi) is 2.68. The molecule has 1 N–H and O–H groups in total. The van der Waals surface area contributed by atoms with Crippen molar-refractivity contribution < 1.29 is 14.3 Å². The summed E-state index contributed by atoms with van der Waals surface area (Å²) in [5.74, 6) is 3.53. The number of fused-ring (bicyclic) bond motifs is 1. The lowest BCUT2D eigenvalue weighted by molar-refractivity contribution is -0.0418. The number of rotatable bonds is 2. The molecule has 116 valence electrons. The van der Waals surface area contributed by atoms with Gasteiger partial charge in [0.2, 0.25) is 6.79 Å². The minimum Gasteiger partial charge on any atom is -0.454 e. The van der Waals surface area contributed by atoms with Gasteiger partial charge in [0.25, 0.3) is 5.91 Å². The van der Waals surface area contributed by atoms with E-state index in [9.17, 15) is 4.79 Å². The van der Waals surface area contributed by atoms with Crippen LogP contribution in [-0.2, 0) is 0 Å². The first-order valence-electron chi connectivity index (χ1n) is 8.19. The topological polar surface area (TPSA) is 50.8 Å². The first-order chi connectivity index (χ1) is 10.8. The summed E-state index contributed by atoms with van der Waals surface area (Å²) < 4.78 is 10.7. The van der Waals surface area contributed by atoms with Crippen molar-refractivity contribution in [3.63, 3.8) is 0 Å². The van der Waals surface area contributed by atoms with Gasteiger partial charge in [-0.25, -0.2) is 0 Å². The van der Waals surface area contributed by atoms with Crippen molar-refractivity contribution in [2.24, 2.45) is 17.8 Å². The summed E-state index contributed by atoms with van der Waals surface area (Å²) in [7, 11) is 0. The number of ether oxygens (including phenoxy) is 2. The lowest BCUT2D eigenvalue weighted by atomic mass is 9.65. The molecule has 1 amide bonds. The van der Waals surface area contributed by atoms with Crippen LogP contribution in [0.2, 0.25) is 0 Å². The second-order valence-electron chi connectivity index (χ2n) is 7.14. The van der Waals surface area contributed by atoms with Gasteiger partial charge in [-0.3, -0.25) is 4.79 Å².